The lowest BCUT2D eigenvalue weighted by Crippen LogP contribution is -1.77. The average Bonchev–Trinajstić information content (AvgIpc) is 3.48. The molecule has 5 rings (SSSR count). The average molecular weight is 431 g/mol. The Labute approximate surface area is 199 Å². The Morgan fingerprint density at radius 3 is 1.34 bits per heavy atom. The molecule has 0 heterocycles. The van der Waals surface area contributed by atoms with Crippen LogP contribution in [0.5, 0.6) is 0 Å². The van der Waals surface area contributed by atoms with Crippen molar-refractivity contribution in [3.63, 3.8) is 0 Å². The van der Waals surface area contributed by atoms with E-state index in [2.05, 4.69) is 113 Å². The van der Waals surface area contributed by atoms with E-state index in [0.717, 1.165) is 12.8 Å². The molecule has 0 amide bonds. The molecule has 2 aliphatic rings. The van der Waals surface area contributed by atoms with Gasteiger partial charge in [0.25, 0.3) is 0 Å². The summed E-state index contributed by atoms with van der Waals surface area (Å²) in [6.07, 6.45) is 9.10. The van der Waals surface area contributed by atoms with Crippen LogP contribution in [-0.2, 0) is 12.8 Å². The quantitative estimate of drug-likeness (QED) is 0.260. The van der Waals surface area contributed by atoms with E-state index in [4.69, 9.17) is 0 Å². The number of benzene rings is 3. The van der Waals surface area contributed by atoms with Gasteiger partial charge in [0.05, 0.1) is 0 Å². The zero-order valence-electron chi connectivity index (χ0n) is 21.9. The fourth-order valence-corrected chi connectivity index (χ4v) is 3.28. The highest BCUT2D eigenvalue weighted by molar-refractivity contribution is 5.76. The summed E-state index contributed by atoms with van der Waals surface area (Å²) >= 11 is 0. The largest absolute Gasteiger partial charge is 0.0795 e. The second-order valence-electron chi connectivity index (χ2n) is 7.21. The Kier molecular flexibility index (Phi) is 17.6. The summed E-state index contributed by atoms with van der Waals surface area (Å²) < 4.78 is 0. The summed E-state index contributed by atoms with van der Waals surface area (Å²) in [7, 11) is 0. The number of allylic oxidation sites excluding steroid dienone is 1. The van der Waals surface area contributed by atoms with Gasteiger partial charge in [0.1, 0.15) is 0 Å². The standard InChI is InChI=1S/C13H10.C9H8.2C3H8.2C2H6/c1-3-7-12-10(5-1)9-11-6-2-4-8-13(11)12;1-2-5-9-7-3-6-8(9)4-1;2*1-3-2;2*1-2/h1-8H,9H2;1-6H,7H2;2*3H2,1-2H3;2*1-2H3. The molecule has 0 spiro atoms. The van der Waals surface area contributed by atoms with Crippen LogP contribution in [0.3, 0.4) is 0 Å². The first kappa shape index (κ1) is 29.4. The molecule has 0 N–H and O–H groups in total. The molecule has 0 atom stereocenters. The van der Waals surface area contributed by atoms with Crippen LogP contribution in [-0.4, -0.2) is 0 Å². The fourth-order valence-electron chi connectivity index (χ4n) is 3.28. The number of rotatable bonds is 0. The highest BCUT2D eigenvalue weighted by atomic mass is 14.2. The van der Waals surface area contributed by atoms with E-state index < -0.39 is 0 Å². The number of fused-ring (bicyclic) bond motifs is 4. The minimum atomic E-state index is 1.10. The van der Waals surface area contributed by atoms with E-state index in [1.807, 2.05) is 27.7 Å². The Hall–Kier alpha value is -2.60. The van der Waals surface area contributed by atoms with Gasteiger partial charge in [-0.3, -0.25) is 0 Å². The monoisotopic (exact) mass is 430 g/mol. The summed E-state index contributed by atoms with van der Waals surface area (Å²) in [5.74, 6) is 0. The van der Waals surface area contributed by atoms with E-state index >= 15 is 0 Å². The molecule has 0 heteroatoms. The molecule has 0 saturated carbocycles. The zero-order valence-corrected chi connectivity index (χ0v) is 21.9. The molecule has 2 aliphatic carbocycles. The van der Waals surface area contributed by atoms with Crippen molar-refractivity contribution in [2.24, 2.45) is 0 Å². The van der Waals surface area contributed by atoms with Gasteiger partial charge in [-0.15, -0.1) is 0 Å². The third kappa shape index (κ3) is 9.69. The highest BCUT2D eigenvalue weighted by Crippen LogP contribution is 2.35. The predicted molar refractivity (Wildman–Crippen MR) is 148 cm³/mol. The molecular weight excluding hydrogens is 384 g/mol. The van der Waals surface area contributed by atoms with E-state index in [0.29, 0.717) is 0 Å². The normalized spacial score (nSPS) is 10.4. The van der Waals surface area contributed by atoms with E-state index in [-0.39, 0.29) is 0 Å². The molecule has 3 aromatic carbocycles. The van der Waals surface area contributed by atoms with Crippen LogP contribution in [0.25, 0.3) is 17.2 Å². The van der Waals surface area contributed by atoms with Crippen LogP contribution >= 0.6 is 0 Å². The topological polar surface area (TPSA) is 0 Å². The lowest BCUT2D eigenvalue weighted by molar-refractivity contribution is 1.09. The lowest BCUT2D eigenvalue weighted by atomic mass is 10.1. The Morgan fingerprint density at radius 1 is 0.531 bits per heavy atom. The molecule has 0 unspecified atom stereocenters. The van der Waals surface area contributed by atoms with Crippen molar-refractivity contribution in [2.45, 2.75) is 81.1 Å². The minimum Gasteiger partial charge on any atom is -0.0795 e. The summed E-state index contributed by atoms with van der Waals surface area (Å²) in [4.78, 5) is 0. The van der Waals surface area contributed by atoms with Crippen LogP contribution in [0.1, 0.15) is 90.5 Å². The third-order valence-corrected chi connectivity index (χ3v) is 4.40. The first-order chi connectivity index (χ1) is 15.7. The Morgan fingerprint density at radius 2 is 0.906 bits per heavy atom. The van der Waals surface area contributed by atoms with Crippen LogP contribution in [0.4, 0.5) is 0 Å². The molecule has 0 fully saturated rings. The predicted octanol–water partition coefficient (Wildman–Crippen LogP) is 10.4. The van der Waals surface area contributed by atoms with Crippen molar-refractivity contribution in [3.05, 3.63) is 101 Å². The molecule has 0 saturated heterocycles. The van der Waals surface area contributed by atoms with Gasteiger partial charge in [-0.25, -0.2) is 0 Å². The first-order valence-electron chi connectivity index (χ1n) is 12.7. The van der Waals surface area contributed by atoms with E-state index in [1.54, 1.807) is 0 Å². The SMILES string of the molecule is C1=Cc2ccccc2C1.CC.CC.CCC.CCC.c1ccc2c(c1)Cc1ccccc1-2. The molecule has 0 bridgehead atoms. The molecule has 0 aliphatic heterocycles. The van der Waals surface area contributed by atoms with Crippen LogP contribution in [0, 0.1) is 0 Å². The van der Waals surface area contributed by atoms with Gasteiger partial charge in [0.2, 0.25) is 0 Å². The number of hydrogen-bond acceptors (Lipinski definition) is 0. The van der Waals surface area contributed by atoms with Gasteiger partial charge < -0.3 is 0 Å². The lowest BCUT2D eigenvalue weighted by Gasteiger charge is -1.98. The second-order valence-corrected chi connectivity index (χ2v) is 7.21. The van der Waals surface area contributed by atoms with Gasteiger partial charge in [-0.1, -0.05) is 153 Å². The molecule has 3 aromatic rings. The number of hydrogen-bond donors (Lipinski definition) is 0. The van der Waals surface area contributed by atoms with Crippen molar-refractivity contribution in [1.29, 1.82) is 0 Å². The molecule has 0 radical (unpaired) electrons. The smallest absolute Gasteiger partial charge is 0.00135 e. The summed E-state index contributed by atoms with van der Waals surface area (Å²) in [5.41, 5.74) is 8.60. The van der Waals surface area contributed by atoms with E-state index in [9.17, 15) is 0 Å². The van der Waals surface area contributed by atoms with Gasteiger partial charge in [0.15, 0.2) is 0 Å². The van der Waals surface area contributed by atoms with E-state index in [1.165, 1.54) is 46.2 Å². The molecule has 174 valence electrons. The van der Waals surface area contributed by atoms with Crippen molar-refractivity contribution in [3.8, 4) is 11.1 Å². The molecular formula is C32H46. The van der Waals surface area contributed by atoms with Gasteiger partial charge in [-0.2, -0.15) is 0 Å². The Balaban J connectivity index is 0.000000443. The fraction of sp³-hybridized carbons (Fsp3) is 0.375. The third-order valence-electron chi connectivity index (χ3n) is 4.40. The van der Waals surface area contributed by atoms with Crippen molar-refractivity contribution < 1.29 is 0 Å². The summed E-state index contributed by atoms with van der Waals surface area (Å²) in [6.45, 7) is 16.5. The van der Waals surface area contributed by atoms with Crippen LogP contribution < -0.4 is 0 Å². The van der Waals surface area contributed by atoms with Gasteiger partial charge in [0, 0.05) is 0 Å². The Bertz CT molecular complexity index is 825. The molecule has 0 aromatic heterocycles. The summed E-state index contributed by atoms with van der Waals surface area (Å²) in [5, 5.41) is 0. The first-order valence-corrected chi connectivity index (χ1v) is 12.7. The van der Waals surface area contributed by atoms with Crippen LogP contribution in [0.2, 0.25) is 0 Å². The molecule has 0 nitrogen and oxygen atoms in total. The highest BCUT2D eigenvalue weighted by Gasteiger charge is 2.15. The van der Waals surface area contributed by atoms with Crippen molar-refractivity contribution in [1.82, 2.24) is 0 Å². The maximum absolute atomic E-state index is 2.22. The van der Waals surface area contributed by atoms with Gasteiger partial charge >= 0.3 is 0 Å². The molecule has 32 heavy (non-hydrogen) atoms. The maximum atomic E-state index is 2.22. The van der Waals surface area contributed by atoms with Crippen molar-refractivity contribution in [2.75, 3.05) is 0 Å². The maximum Gasteiger partial charge on any atom is -0.00135 e. The van der Waals surface area contributed by atoms with Crippen LogP contribution in [0.15, 0.2) is 78.9 Å². The van der Waals surface area contributed by atoms with Gasteiger partial charge in [-0.05, 0) is 46.2 Å². The second kappa shape index (κ2) is 19.1. The van der Waals surface area contributed by atoms with Crippen molar-refractivity contribution >= 4 is 6.08 Å². The summed E-state index contributed by atoms with van der Waals surface area (Å²) in [6, 6.07) is 25.8. The zero-order chi connectivity index (χ0) is 24.2. The minimum absolute atomic E-state index is 1.10.